The van der Waals surface area contributed by atoms with E-state index in [0.717, 1.165) is 25.1 Å². The molecule has 0 aromatic heterocycles. The molecule has 3 nitrogen and oxygen atoms in total. The Labute approximate surface area is 83.3 Å². The second kappa shape index (κ2) is 6.54. The number of hydrogen-bond acceptors (Lipinski definition) is 3. The molecule has 0 aliphatic rings. The third kappa shape index (κ3) is 4.76. The Morgan fingerprint density at radius 3 is 2.00 bits per heavy atom. The maximum Gasteiger partial charge on any atom is 0.337 e. The van der Waals surface area contributed by atoms with E-state index >= 15 is 0 Å². The summed E-state index contributed by atoms with van der Waals surface area (Å²) in [5.74, 6) is 0. The molecule has 0 amide bonds. The minimum atomic E-state index is -1.81. The molecule has 0 unspecified atom stereocenters. The van der Waals surface area contributed by atoms with E-state index in [-0.39, 0.29) is 0 Å². The molecule has 0 aliphatic carbocycles. The molecule has 0 saturated heterocycles. The third-order valence-corrected chi connectivity index (χ3v) is 6.13. The van der Waals surface area contributed by atoms with E-state index in [2.05, 4.69) is 25.9 Å². The van der Waals surface area contributed by atoms with Crippen LogP contribution in [-0.2, 0) is 8.85 Å². The molecule has 0 rings (SSSR count). The van der Waals surface area contributed by atoms with Crippen molar-refractivity contribution in [3.05, 3.63) is 0 Å². The van der Waals surface area contributed by atoms with Gasteiger partial charge in [0.2, 0.25) is 0 Å². The summed E-state index contributed by atoms with van der Waals surface area (Å²) in [5, 5.41) is 0. The van der Waals surface area contributed by atoms with Crippen molar-refractivity contribution in [3.8, 4) is 0 Å². The van der Waals surface area contributed by atoms with Crippen LogP contribution in [0.25, 0.3) is 0 Å². The molecular formula is C9H23NO2Si. The average Bonchev–Trinajstić information content (AvgIpc) is 2.13. The summed E-state index contributed by atoms with van der Waals surface area (Å²) in [4.78, 5) is 2.19. The van der Waals surface area contributed by atoms with Gasteiger partial charge >= 0.3 is 8.56 Å². The summed E-state index contributed by atoms with van der Waals surface area (Å²) in [6, 6.07) is 2.13. The largest absolute Gasteiger partial charge is 0.398 e. The van der Waals surface area contributed by atoms with Gasteiger partial charge in [0, 0.05) is 14.2 Å². The number of nitrogens with zero attached hydrogens (tertiary/aromatic N) is 1. The van der Waals surface area contributed by atoms with Crippen LogP contribution < -0.4 is 0 Å². The van der Waals surface area contributed by atoms with Crippen molar-refractivity contribution in [2.45, 2.75) is 25.4 Å². The summed E-state index contributed by atoms with van der Waals surface area (Å²) in [6.07, 6.45) is 1.16. The molecule has 0 aromatic rings. The topological polar surface area (TPSA) is 21.7 Å². The predicted molar refractivity (Wildman–Crippen MR) is 58.2 cm³/mol. The van der Waals surface area contributed by atoms with Gasteiger partial charge in [-0.15, -0.1) is 0 Å². The fourth-order valence-corrected chi connectivity index (χ4v) is 3.62. The second-order valence-electron chi connectivity index (χ2n) is 3.58. The zero-order valence-corrected chi connectivity index (χ0v) is 10.6. The van der Waals surface area contributed by atoms with Gasteiger partial charge in [0.15, 0.2) is 0 Å². The molecule has 0 fully saturated rings. The molecule has 0 spiro atoms. The Morgan fingerprint density at radius 2 is 1.69 bits per heavy atom. The molecule has 0 N–H and O–H groups in total. The lowest BCUT2D eigenvalue weighted by Crippen LogP contribution is -2.39. The van der Waals surface area contributed by atoms with Crippen LogP contribution in [0.2, 0.25) is 12.1 Å². The fourth-order valence-electron chi connectivity index (χ4n) is 1.42. The third-order valence-electron chi connectivity index (χ3n) is 2.45. The lowest BCUT2D eigenvalue weighted by molar-refractivity contribution is 0.239. The number of hydrogen-bond donors (Lipinski definition) is 0. The van der Waals surface area contributed by atoms with Crippen molar-refractivity contribution in [2.24, 2.45) is 0 Å². The molecule has 0 radical (unpaired) electrons. The molecular weight excluding hydrogens is 182 g/mol. The first-order valence-electron chi connectivity index (χ1n) is 4.85. The molecule has 0 saturated carbocycles. The average molecular weight is 205 g/mol. The van der Waals surface area contributed by atoms with Gasteiger partial charge in [-0.3, -0.25) is 0 Å². The summed E-state index contributed by atoms with van der Waals surface area (Å²) in [6.45, 7) is 3.26. The van der Waals surface area contributed by atoms with Crippen molar-refractivity contribution >= 4 is 8.56 Å². The Morgan fingerprint density at radius 1 is 1.15 bits per heavy atom. The highest BCUT2D eigenvalue weighted by Crippen LogP contribution is 2.18. The Balaban J connectivity index is 3.81. The van der Waals surface area contributed by atoms with Crippen LogP contribution in [0, 0.1) is 0 Å². The zero-order valence-electron chi connectivity index (χ0n) is 9.59. The minimum absolute atomic E-state index is 1.04. The highest BCUT2D eigenvalue weighted by atomic mass is 28.4. The molecule has 4 heteroatoms. The van der Waals surface area contributed by atoms with E-state index < -0.39 is 8.56 Å². The van der Waals surface area contributed by atoms with Gasteiger partial charge in [-0.25, -0.2) is 0 Å². The van der Waals surface area contributed by atoms with Crippen LogP contribution in [0.4, 0.5) is 0 Å². The molecule has 0 bridgehead atoms. The van der Waals surface area contributed by atoms with E-state index in [9.17, 15) is 0 Å². The van der Waals surface area contributed by atoms with Crippen LogP contribution in [0.15, 0.2) is 0 Å². The summed E-state index contributed by atoms with van der Waals surface area (Å²) >= 11 is 0. The summed E-state index contributed by atoms with van der Waals surface area (Å²) < 4.78 is 11.0. The van der Waals surface area contributed by atoms with Crippen molar-refractivity contribution in [1.29, 1.82) is 0 Å². The zero-order chi connectivity index (χ0) is 10.3. The Bertz CT molecular complexity index is 119. The van der Waals surface area contributed by atoms with Gasteiger partial charge < -0.3 is 13.8 Å². The van der Waals surface area contributed by atoms with Gasteiger partial charge in [-0.2, -0.15) is 0 Å². The molecule has 13 heavy (non-hydrogen) atoms. The van der Waals surface area contributed by atoms with Gasteiger partial charge in [0.25, 0.3) is 0 Å². The first kappa shape index (κ1) is 13.1. The van der Waals surface area contributed by atoms with E-state index in [1.807, 2.05) is 0 Å². The van der Waals surface area contributed by atoms with E-state index in [0.29, 0.717) is 0 Å². The second-order valence-corrected chi connectivity index (χ2v) is 7.42. The van der Waals surface area contributed by atoms with Crippen LogP contribution in [0.3, 0.4) is 0 Å². The summed E-state index contributed by atoms with van der Waals surface area (Å²) in [7, 11) is 5.92. The lowest BCUT2D eigenvalue weighted by Gasteiger charge is -2.26. The smallest absolute Gasteiger partial charge is 0.337 e. The molecule has 80 valence electrons. The van der Waals surface area contributed by atoms with Crippen molar-refractivity contribution in [3.63, 3.8) is 0 Å². The minimum Gasteiger partial charge on any atom is -0.398 e. The van der Waals surface area contributed by atoms with Crippen molar-refractivity contribution < 1.29 is 8.85 Å². The maximum atomic E-state index is 5.52. The molecule has 0 aliphatic heterocycles. The highest BCUT2D eigenvalue weighted by molar-refractivity contribution is 6.67. The van der Waals surface area contributed by atoms with Crippen LogP contribution >= 0.6 is 0 Å². The van der Waals surface area contributed by atoms with Crippen molar-refractivity contribution in [2.75, 3.05) is 34.9 Å². The van der Waals surface area contributed by atoms with Gasteiger partial charge in [-0.05, 0) is 39.1 Å². The summed E-state index contributed by atoms with van der Waals surface area (Å²) in [5.41, 5.74) is 0. The van der Waals surface area contributed by atoms with Crippen LogP contribution in [0.1, 0.15) is 13.3 Å². The van der Waals surface area contributed by atoms with Crippen molar-refractivity contribution in [1.82, 2.24) is 4.90 Å². The van der Waals surface area contributed by atoms with Crippen LogP contribution in [0.5, 0.6) is 0 Å². The quantitative estimate of drug-likeness (QED) is 0.590. The number of rotatable bonds is 7. The predicted octanol–water partition coefficient (Wildman–Crippen LogP) is 1.69. The van der Waals surface area contributed by atoms with E-state index in [1.54, 1.807) is 14.2 Å². The monoisotopic (exact) mass is 205 g/mol. The normalized spacial score (nSPS) is 12.5. The highest BCUT2D eigenvalue weighted by Gasteiger charge is 2.32. The SMILES string of the molecule is CC[Si](CCCN(C)C)(OC)OC. The lowest BCUT2D eigenvalue weighted by atomic mass is 10.5. The van der Waals surface area contributed by atoms with Crippen LogP contribution in [-0.4, -0.2) is 48.3 Å². The maximum absolute atomic E-state index is 5.52. The Hall–Kier alpha value is 0.0969. The van der Waals surface area contributed by atoms with Gasteiger partial charge in [-0.1, -0.05) is 6.92 Å². The Kier molecular flexibility index (Phi) is 6.58. The van der Waals surface area contributed by atoms with E-state index in [4.69, 9.17) is 8.85 Å². The molecule has 0 heterocycles. The standard InChI is InChI=1S/C9H23NO2Si/c1-6-13(11-4,12-5)9-7-8-10(2)3/h6-9H2,1-5H3. The molecule has 0 atom stereocenters. The first-order valence-corrected chi connectivity index (χ1v) is 7.08. The first-order chi connectivity index (χ1) is 6.10. The van der Waals surface area contributed by atoms with Gasteiger partial charge in [0.1, 0.15) is 0 Å². The van der Waals surface area contributed by atoms with E-state index in [1.165, 1.54) is 0 Å². The van der Waals surface area contributed by atoms with Gasteiger partial charge in [0.05, 0.1) is 0 Å². The fraction of sp³-hybridized carbons (Fsp3) is 1.00. The molecule has 0 aromatic carbocycles.